The lowest BCUT2D eigenvalue weighted by Gasteiger charge is -2.15. The minimum absolute atomic E-state index is 0.0694. The number of aliphatic hydroxyl groups is 1. The zero-order chi connectivity index (χ0) is 41.8. The first-order chi connectivity index (χ1) is 27.8. The molecule has 2 atom stereocenters. The van der Waals surface area contributed by atoms with Crippen LogP contribution in [0, 0.1) is 0 Å². The second-order valence-corrected chi connectivity index (χ2v) is 16.1. The molecule has 328 valence electrons. The van der Waals surface area contributed by atoms with Gasteiger partial charge in [0.1, 0.15) is 12.7 Å². The van der Waals surface area contributed by atoms with Crippen LogP contribution in [0.2, 0.25) is 0 Å². The molecular weight excluding hydrogens is 737 g/mol. The zero-order valence-corrected chi connectivity index (χ0v) is 36.9. The number of esters is 1. The summed E-state index contributed by atoms with van der Waals surface area (Å²) in [5, 5.41) is 12.7. The predicted molar refractivity (Wildman–Crippen MR) is 238 cm³/mol. The van der Waals surface area contributed by atoms with E-state index in [0.717, 1.165) is 51.4 Å². The molecule has 0 saturated carbocycles. The highest BCUT2D eigenvalue weighted by Gasteiger charge is 2.23. The Morgan fingerprint density at radius 3 is 1.46 bits per heavy atom. The van der Waals surface area contributed by atoms with Crippen molar-refractivity contribution in [1.82, 2.24) is 5.32 Å². The van der Waals surface area contributed by atoms with E-state index in [2.05, 4.69) is 86.0 Å². The Labute approximate surface area is 348 Å². The molecule has 0 aliphatic carbocycles. The Balaban J connectivity index is 3.68. The van der Waals surface area contributed by atoms with Crippen molar-refractivity contribution < 1.29 is 37.9 Å². The molecule has 57 heavy (non-hydrogen) atoms. The first kappa shape index (κ1) is 54.5. The number of hydrogen-bond acceptors (Lipinski definition) is 7. The van der Waals surface area contributed by atoms with Crippen molar-refractivity contribution in [3.8, 4) is 0 Å². The maximum absolute atomic E-state index is 12.1. The van der Waals surface area contributed by atoms with Gasteiger partial charge in [-0.25, -0.2) is 4.57 Å². The second kappa shape index (κ2) is 43.0. The minimum Gasteiger partial charge on any atom is -0.463 e. The molecule has 0 rings (SSSR count). The number of rotatable bonds is 41. The number of nitrogens with one attached hydrogen (secondary N) is 1. The summed E-state index contributed by atoms with van der Waals surface area (Å²) in [7, 11) is -4.43. The molecule has 0 aliphatic rings. The second-order valence-electron chi connectivity index (χ2n) is 14.7. The third-order valence-corrected chi connectivity index (χ3v) is 10.1. The fourth-order valence-corrected chi connectivity index (χ4v) is 6.45. The molecule has 0 aromatic heterocycles. The van der Waals surface area contributed by atoms with E-state index in [9.17, 15) is 24.2 Å². The topological polar surface area (TPSA) is 131 Å². The highest BCUT2D eigenvalue weighted by molar-refractivity contribution is 7.47. The molecule has 9 nitrogen and oxygen atoms in total. The number of carbonyl (C=O) groups is 2. The van der Waals surface area contributed by atoms with Crippen LogP contribution in [-0.4, -0.2) is 54.3 Å². The normalized spacial score (nSPS) is 14.0. The third kappa shape index (κ3) is 44.4. The summed E-state index contributed by atoms with van der Waals surface area (Å²) in [5.41, 5.74) is 0. The van der Waals surface area contributed by atoms with E-state index in [0.29, 0.717) is 12.8 Å². The van der Waals surface area contributed by atoms with E-state index < -0.39 is 26.5 Å². The zero-order valence-electron chi connectivity index (χ0n) is 36.0. The van der Waals surface area contributed by atoms with Crippen LogP contribution in [0.4, 0.5) is 0 Å². The lowest BCUT2D eigenvalue weighted by molar-refractivity contribution is -0.147. The quantitative estimate of drug-likeness (QED) is 0.0240. The Kier molecular flexibility index (Phi) is 41.1. The number of aliphatic hydroxyl groups excluding tert-OH is 1. The van der Waals surface area contributed by atoms with Crippen molar-refractivity contribution in [1.29, 1.82) is 0 Å². The van der Waals surface area contributed by atoms with Gasteiger partial charge in [0.2, 0.25) is 5.91 Å². The minimum atomic E-state index is -4.43. The number of amides is 1. The van der Waals surface area contributed by atoms with Gasteiger partial charge in [0.25, 0.3) is 0 Å². The van der Waals surface area contributed by atoms with Gasteiger partial charge in [-0.2, -0.15) is 0 Å². The smallest absolute Gasteiger partial charge is 0.463 e. The third-order valence-electron chi connectivity index (χ3n) is 9.11. The van der Waals surface area contributed by atoms with Crippen molar-refractivity contribution in [2.24, 2.45) is 0 Å². The molecule has 0 spiro atoms. The van der Waals surface area contributed by atoms with Crippen molar-refractivity contribution >= 4 is 19.7 Å². The average Bonchev–Trinajstić information content (AvgIpc) is 3.20. The SMILES string of the molecule is CCCCC/C=C\C/C=C\C/C=C\C/C=C\CCCC(=O)OCC(O)COP(=O)(O)OCCNC(=O)CCCCCCCCCCC/C=C\C/C=C\CCCCC. The fraction of sp³-hybridized carbons (Fsp3) is 0.702. The number of unbranched alkanes of at least 4 members (excludes halogenated alkanes) is 16. The molecule has 0 radical (unpaired) electrons. The number of carbonyl (C=O) groups excluding carboxylic acids is 2. The number of hydrogen-bond donors (Lipinski definition) is 3. The van der Waals surface area contributed by atoms with Gasteiger partial charge in [-0.3, -0.25) is 18.6 Å². The van der Waals surface area contributed by atoms with E-state index >= 15 is 0 Å². The molecule has 0 aromatic rings. The average molecular weight is 820 g/mol. The van der Waals surface area contributed by atoms with Gasteiger partial charge >= 0.3 is 13.8 Å². The Morgan fingerprint density at radius 1 is 0.544 bits per heavy atom. The first-order valence-corrected chi connectivity index (χ1v) is 23.9. The van der Waals surface area contributed by atoms with Gasteiger partial charge in [0.15, 0.2) is 0 Å². The van der Waals surface area contributed by atoms with Gasteiger partial charge in [0.05, 0.1) is 13.2 Å². The molecule has 10 heteroatoms. The molecule has 2 unspecified atom stereocenters. The summed E-state index contributed by atoms with van der Waals surface area (Å²) in [6.45, 7) is 3.43. The maximum atomic E-state index is 12.1. The molecule has 0 heterocycles. The molecule has 1 amide bonds. The number of allylic oxidation sites excluding steroid dienone is 12. The van der Waals surface area contributed by atoms with E-state index in [1.54, 1.807) is 0 Å². The number of phosphoric ester groups is 1. The van der Waals surface area contributed by atoms with Crippen LogP contribution in [0.25, 0.3) is 0 Å². The molecule has 0 fully saturated rings. The van der Waals surface area contributed by atoms with Gasteiger partial charge < -0.3 is 20.1 Å². The van der Waals surface area contributed by atoms with Crippen LogP contribution in [0.1, 0.15) is 181 Å². The highest BCUT2D eigenvalue weighted by Crippen LogP contribution is 2.42. The van der Waals surface area contributed by atoms with Crippen molar-refractivity contribution in [3.63, 3.8) is 0 Å². The fourth-order valence-electron chi connectivity index (χ4n) is 5.70. The molecule has 3 N–H and O–H groups in total. The molecule has 0 aromatic carbocycles. The summed E-state index contributed by atoms with van der Waals surface area (Å²) < 4.78 is 26.8. The van der Waals surface area contributed by atoms with Crippen molar-refractivity contribution in [2.75, 3.05) is 26.4 Å². The largest absolute Gasteiger partial charge is 0.472 e. The summed E-state index contributed by atoms with van der Waals surface area (Å²) in [5.74, 6) is -0.582. The molecule has 0 saturated heterocycles. The van der Waals surface area contributed by atoms with Crippen LogP contribution >= 0.6 is 7.82 Å². The van der Waals surface area contributed by atoms with Crippen LogP contribution in [0.5, 0.6) is 0 Å². The van der Waals surface area contributed by atoms with E-state index in [1.165, 1.54) is 96.3 Å². The Morgan fingerprint density at radius 2 is 0.965 bits per heavy atom. The first-order valence-electron chi connectivity index (χ1n) is 22.4. The Bertz CT molecular complexity index is 1160. The molecular formula is C47H82NO8P. The van der Waals surface area contributed by atoms with Gasteiger partial charge in [-0.15, -0.1) is 0 Å². The molecule has 0 aliphatic heterocycles. The van der Waals surface area contributed by atoms with Crippen molar-refractivity contribution in [3.05, 3.63) is 72.9 Å². The maximum Gasteiger partial charge on any atom is 0.472 e. The van der Waals surface area contributed by atoms with Gasteiger partial charge in [-0.1, -0.05) is 157 Å². The number of ether oxygens (including phenoxy) is 1. The predicted octanol–water partition coefficient (Wildman–Crippen LogP) is 12.7. The summed E-state index contributed by atoms with van der Waals surface area (Å²) in [6.07, 6.45) is 52.6. The Hall–Kier alpha value is -2.55. The van der Waals surface area contributed by atoms with E-state index in [4.69, 9.17) is 13.8 Å². The summed E-state index contributed by atoms with van der Waals surface area (Å²) in [4.78, 5) is 33.9. The van der Waals surface area contributed by atoms with Crippen LogP contribution in [0.3, 0.4) is 0 Å². The van der Waals surface area contributed by atoms with Crippen molar-refractivity contribution in [2.45, 2.75) is 187 Å². The summed E-state index contributed by atoms with van der Waals surface area (Å²) in [6, 6.07) is 0. The van der Waals surface area contributed by atoms with E-state index in [1.807, 2.05) is 6.08 Å². The summed E-state index contributed by atoms with van der Waals surface area (Å²) >= 11 is 0. The molecule has 0 bridgehead atoms. The standard InChI is InChI=1S/C47H82NO8P/c1-3-5-7-9-11-13-15-17-19-21-22-24-25-27-29-31-33-35-37-39-46(50)48-41-42-55-57(52,53)56-44-45(49)43-54-47(51)40-38-36-34-32-30-28-26-23-20-18-16-14-12-10-8-6-4-2/h11-14,17-20,26,28,32,34,45,49H,3-10,15-16,21-25,27,29-31,33,35-44H2,1-2H3,(H,48,50)(H,52,53)/b13-11-,14-12-,19-17-,20-18-,28-26-,34-32-. The van der Waals surface area contributed by atoms with Gasteiger partial charge in [-0.05, 0) is 83.5 Å². The number of phosphoric acid groups is 1. The lowest BCUT2D eigenvalue weighted by atomic mass is 10.1. The highest BCUT2D eigenvalue weighted by atomic mass is 31.2. The van der Waals surface area contributed by atoms with Crippen LogP contribution < -0.4 is 5.32 Å². The van der Waals surface area contributed by atoms with Gasteiger partial charge in [0, 0.05) is 19.4 Å². The van der Waals surface area contributed by atoms with Crippen LogP contribution in [-0.2, 0) is 27.9 Å². The van der Waals surface area contributed by atoms with Crippen LogP contribution in [0.15, 0.2) is 72.9 Å². The lowest BCUT2D eigenvalue weighted by Crippen LogP contribution is -2.27. The van der Waals surface area contributed by atoms with E-state index in [-0.39, 0.29) is 32.1 Å². The monoisotopic (exact) mass is 820 g/mol.